The van der Waals surface area contributed by atoms with Crippen LogP contribution in [-0.4, -0.2) is 32.4 Å². The number of benzene rings is 3. The van der Waals surface area contributed by atoms with Gasteiger partial charge >= 0.3 is 0 Å². The molecule has 36 heavy (non-hydrogen) atoms. The van der Waals surface area contributed by atoms with Crippen LogP contribution in [-0.2, 0) is 0 Å². The highest BCUT2D eigenvalue weighted by molar-refractivity contribution is 6.03. The molecule has 0 fully saturated rings. The molecule has 3 aromatic carbocycles. The molecule has 0 aliphatic rings. The minimum atomic E-state index is -0.491. The molecule has 2 heterocycles. The van der Waals surface area contributed by atoms with Crippen molar-refractivity contribution in [3.63, 3.8) is 0 Å². The number of aromatic nitrogens is 3. The van der Waals surface area contributed by atoms with Crippen LogP contribution in [0, 0.1) is 17.0 Å². The van der Waals surface area contributed by atoms with Gasteiger partial charge in [-0.15, -0.1) is 10.2 Å². The fourth-order valence-corrected chi connectivity index (χ4v) is 3.75. The van der Waals surface area contributed by atoms with Gasteiger partial charge in [0.25, 0.3) is 11.6 Å². The van der Waals surface area contributed by atoms with Gasteiger partial charge in [0.2, 0.25) is 0 Å². The van der Waals surface area contributed by atoms with Crippen LogP contribution < -0.4 is 10.1 Å². The van der Waals surface area contributed by atoms with E-state index in [1.54, 1.807) is 37.3 Å². The maximum Gasteiger partial charge on any atom is 0.291 e. The number of nitrogens with one attached hydrogen (secondary N) is 1. The number of nitro groups is 1. The van der Waals surface area contributed by atoms with E-state index < -0.39 is 10.8 Å². The predicted molar refractivity (Wildman–Crippen MR) is 134 cm³/mol. The summed E-state index contributed by atoms with van der Waals surface area (Å²) in [5.41, 5.74) is 3.50. The van der Waals surface area contributed by atoms with Crippen molar-refractivity contribution >= 4 is 28.3 Å². The predicted octanol–water partition coefficient (Wildman–Crippen LogP) is 5.55. The van der Waals surface area contributed by atoms with Crippen molar-refractivity contribution in [1.82, 2.24) is 15.0 Å². The molecule has 0 bridgehead atoms. The van der Waals surface area contributed by atoms with Crippen molar-refractivity contribution in [2.45, 2.75) is 13.8 Å². The molecule has 10 heteroatoms. The number of amides is 1. The second-order valence-electron chi connectivity index (χ2n) is 8.02. The molecule has 10 nitrogen and oxygen atoms in total. The molecule has 0 aliphatic carbocycles. The maximum atomic E-state index is 12.8. The van der Waals surface area contributed by atoms with Gasteiger partial charge in [0.15, 0.2) is 5.76 Å². The molecule has 180 valence electrons. The van der Waals surface area contributed by atoms with Crippen LogP contribution in [0.1, 0.15) is 23.0 Å². The molecule has 1 N–H and O–H groups in total. The molecular weight excluding hydrogens is 462 g/mol. The average Bonchev–Trinajstić information content (AvgIpc) is 3.52. The van der Waals surface area contributed by atoms with Crippen molar-refractivity contribution in [3.8, 4) is 22.8 Å². The number of fused-ring (bicyclic) bond motifs is 1. The van der Waals surface area contributed by atoms with Crippen LogP contribution in [0.2, 0.25) is 0 Å². The SMILES string of the molecule is CCOc1ccc(-n2nc3ccc(NC(=O)c4ccc(-c5ccc(C)cc5[N+](=O)[O-])o4)cc3n2)cc1. The number of furan rings is 1. The lowest BCUT2D eigenvalue weighted by Gasteiger charge is -2.03. The van der Waals surface area contributed by atoms with Crippen molar-refractivity contribution in [3.05, 3.63) is 94.2 Å². The van der Waals surface area contributed by atoms with E-state index in [2.05, 4.69) is 15.5 Å². The third-order valence-corrected chi connectivity index (χ3v) is 5.46. The Hall–Kier alpha value is -4.99. The molecule has 0 unspecified atom stereocenters. The smallest absolute Gasteiger partial charge is 0.291 e. The van der Waals surface area contributed by atoms with E-state index in [1.165, 1.54) is 23.0 Å². The quantitative estimate of drug-likeness (QED) is 0.238. The number of nitrogens with zero attached hydrogens (tertiary/aromatic N) is 4. The lowest BCUT2D eigenvalue weighted by atomic mass is 10.1. The first kappa shape index (κ1) is 22.8. The molecule has 0 spiro atoms. The highest BCUT2D eigenvalue weighted by Gasteiger charge is 2.20. The molecule has 0 saturated carbocycles. The van der Waals surface area contributed by atoms with Crippen molar-refractivity contribution in [1.29, 1.82) is 0 Å². The van der Waals surface area contributed by atoms with E-state index in [0.29, 0.717) is 28.9 Å². The number of nitro benzene ring substituents is 1. The van der Waals surface area contributed by atoms with Crippen molar-refractivity contribution < 1.29 is 18.9 Å². The number of rotatable bonds is 7. The van der Waals surface area contributed by atoms with Crippen LogP contribution >= 0.6 is 0 Å². The Bertz CT molecular complexity index is 1590. The number of hydrogen-bond donors (Lipinski definition) is 1. The zero-order valence-corrected chi connectivity index (χ0v) is 19.5. The first-order valence-corrected chi connectivity index (χ1v) is 11.2. The van der Waals surface area contributed by atoms with E-state index >= 15 is 0 Å². The molecule has 2 aromatic heterocycles. The molecule has 0 saturated heterocycles. The van der Waals surface area contributed by atoms with Gasteiger partial charge in [0.1, 0.15) is 22.5 Å². The number of hydrogen-bond acceptors (Lipinski definition) is 7. The Morgan fingerprint density at radius 3 is 2.56 bits per heavy atom. The fraction of sp³-hybridized carbons (Fsp3) is 0.115. The summed E-state index contributed by atoms with van der Waals surface area (Å²) in [5, 5.41) is 23.2. The lowest BCUT2D eigenvalue weighted by molar-refractivity contribution is -0.384. The summed E-state index contributed by atoms with van der Waals surface area (Å²) >= 11 is 0. The van der Waals surface area contributed by atoms with Crippen LogP contribution in [0.3, 0.4) is 0 Å². The fourth-order valence-electron chi connectivity index (χ4n) is 3.75. The number of carbonyl (C=O) groups excluding carboxylic acids is 1. The average molecular weight is 483 g/mol. The minimum absolute atomic E-state index is 0.0259. The summed E-state index contributed by atoms with van der Waals surface area (Å²) in [5.74, 6) is 0.536. The van der Waals surface area contributed by atoms with E-state index in [0.717, 1.165) is 17.0 Å². The van der Waals surface area contributed by atoms with Crippen LogP contribution in [0.4, 0.5) is 11.4 Å². The first-order chi connectivity index (χ1) is 17.4. The Morgan fingerprint density at radius 2 is 1.81 bits per heavy atom. The highest BCUT2D eigenvalue weighted by atomic mass is 16.6. The van der Waals surface area contributed by atoms with Gasteiger partial charge in [-0.2, -0.15) is 4.80 Å². The van der Waals surface area contributed by atoms with Crippen LogP contribution in [0.15, 0.2) is 77.2 Å². The molecule has 0 radical (unpaired) electrons. The van der Waals surface area contributed by atoms with Gasteiger partial charge in [0.05, 0.1) is 22.8 Å². The minimum Gasteiger partial charge on any atom is -0.494 e. The molecule has 0 atom stereocenters. The highest BCUT2D eigenvalue weighted by Crippen LogP contribution is 2.32. The normalized spacial score (nSPS) is 10.9. The monoisotopic (exact) mass is 483 g/mol. The Morgan fingerprint density at radius 1 is 1.03 bits per heavy atom. The van der Waals surface area contributed by atoms with Gasteiger partial charge < -0.3 is 14.5 Å². The van der Waals surface area contributed by atoms with E-state index in [4.69, 9.17) is 9.15 Å². The molecule has 1 amide bonds. The third-order valence-electron chi connectivity index (χ3n) is 5.46. The number of aryl methyl sites for hydroxylation is 1. The second-order valence-corrected chi connectivity index (χ2v) is 8.02. The third kappa shape index (κ3) is 4.51. The zero-order chi connectivity index (χ0) is 25.2. The summed E-state index contributed by atoms with van der Waals surface area (Å²) in [4.78, 5) is 25.3. The van der Waals surface area contributed by atoms with E-state index in [9.17, 15) is 14.9 Å². The summed E-state index contributed by atoms with van der Waals surface area (Å²) in [6.07, 6.45) is 0. The number of anilines is 1. The number of carbonyl (C=O) groups is 1. The Balaban J connectivity index is 1.35. The van der Waals surface area contributed by atoms with E-state index in [1.807, 2.05) is 31.2 Å². The summed E-state index contributed by atoms with van der Waals surface area (Å²) < 4.78 is 11.1. The van der Waals surface area contributed by atoms with Crippen molar-refractivity contribution in [2.75, 3.05) is 11.9 Å². The zero-order valence-electron chi connectivity index (χ0n) is 19.5. The topological polar surface area (TPSA) is 125 Å². The largest absolute Gasteiger partial charge is 0.494 e. The van der Waals surface area contributed by atoms with Crippen LogP contribution in [0.25, 0.3) is 28.0 Å². The number of ether oxygens (including phenoxy) is 1. The van der Waals surface area contributed by atoms with Gasteiger partial charge in [0, 0.05) is 11.8 Å². The van der Waals surface area contributed by atoms with Crippen LogP contribution in [0.5, 0.6) is 5.75 Å². The van der Waals surface area contributed by atoms with E-state index in [-0.39, 0.29) is 17.2 Å². The first-order valence-electron chi connectivity index (χ1n) is 11.2. The lowest BCUT2D eigenvalue weighted by Crippen LogP contribution is -2.10. The van der Waals surface area contributed by atoms with Gasteiger partial charge in [-0.1, -0.05) is 6.07 Å². The Labute approximate surface area is 205 Å². The van der Waals surface area contributed by atoms with Gasteiger partial charge in [-0.3, -0.25) is 14.9 Å². The summed E-state index contributed by atoms with van der Waals surface area (Å²) in [7, 11) is 0. The molecule has 0 aliphatic heterocycles. The standard InChI is InChI=1S/C26H21N5O5/c1-3-35-19-8-6-18(7-9-19)30-28-21-11-5-17(15-22(21)29-30)27-26(32)25-13-12-24(36-25)20-10-4-16(2)14-23(20)31(33)34/h4-15H,3H2,1-2H3,(H,27,32). The molecule has 5 aromatic rings. The molecule has 5 rings (SSSR count). The Kier molecular flexibility index (Phi) is 5.91. The second kappa shape index (κ2) is 9.34. The summed E-state index contributed by atoms with van der Waals surface area (Å²) in [6, 6.07) is 20.4. The van der Waals surface area contributed by atoms with Crippen molar-refractivity contribution in [2.24, 2.45) is 0 Å². The summed E-state index contributed by atoms with van der Waals surface area (Å²) in [6.45, 7) is 4.28. The maximum absolute atomic E-state index is 12.8. The van der Waals surface area contributed by atoms with Gasteiger partial charge in [-0.05, 0) is 80.1 Å². The molecular formula is C26H21N5O5. The van der Waals surface area contributed by atoms with Gasteiger partial charge in [-0.25, -0.2) is 0 Å².